The molecule has 1 atom stereocenters. The second-order valence-electron chi connectivity index (χ2n) is 9.35. The van der Waals surface area contributed by atoms with Gasteiger partial charge >= 0.3 is 0 Å². The SMILES string of the molecule is COc1cc(-c2cccc(-c3ccc4c(c3)OCCO4)c2Cl)ccc1CN1CCC(C(=O)NCCN)C1. The minimum absolute atomic E-state index is 0.000999. The molecule has 1 amide bonds. The molecule has 2 aliphatic heterocycles. The Hall–Kier alpha value is -3.26. The molecule has 0 spiro atoms. The van der Waals surface area contributed by atoms with E-state index < -0.39 is 0 Å². The minimum Gasteiger partial charge on any atom is -0.496 e. The van der Waals surface area contributed by atoms with E-state index in [1.165, 1.54) is 0 Å². The topological polar surface area (TPSA) is 86.0 Å². The number of halogens is 1. The van der Waals surface area contributed by atoms with Gasteiger partial charge in [0.15, 0.2) is 11.5 Å². The van der Waals surface area contributed by atoms with E-state index in [0.717, 1.165) is 71.1 Å². The molecule has 0 aliphatic carbocycles. The maximum Gasteiger partial charge on any atom is 0.224 e. The second-order valence-corrected chi connectivity index (χ2v) is 9.73. The molecule has 0 bridgehead atoms. The average Bonchev–Trinajstić information content (AvgIpc) is 3.40. The normalized spacial score (nSPS) is 17.0. The van der Waals surface area contributed by atoms with Crippen LogP contribution in [0.1, 0.15) is 12.0 Å². The molecule has 2 heterocycles. The fraction of sp³-hybridized carbons (Fsp3) is 0.345. The highest BCUT2D eigenvalue weighted by Crippen LogP contribution is 2.41. The fourth-order valence-electron chi connectivity index (χ4n) is 5.00. The lowest BCUT2D eigenvalue weighted by atomic mass is 9.97. The van der Waals surface area contributed by atoms with Crippen LogP contribution in [-0.4, -0.2) is 57.3 Å². The molecular formula is C29H32ClN3O4. The fourth-order valence-corrected chi connectivity index (χ4v) is 5.35. The van der Waals surface area contributed by atoms with Crippen LogP contribution >= 0.6 is 11.6 Å². The molecule has 0 saturated carbocycles. The molecule has 1 fully saturated rings. The number of carbonyl (C=O) groups is 1. The Balaban J connectivity index is 1.35. The van der Waals surface area contributed by atoms with Crippen LogP contribution in [0.15, 0.2) is 54.6 Å². The first-order valence-corrected chi connectivity index (χ1v) is 13.0. The van der Waals surface area contributed by atoms with Crippen molar-refractivity contribution in [3.63, 3.8) is 0 Å². The zero-order valence-electron chi connectivity index (χ0n) is 21.0. The van der Waals surface area contributed by atoms with Gasteiger partial charge in [-0.1, -0.05) is 48.0 Å². The predicted molar refractivity (Wildman–Crippen MR) is 145 cm³/mol. The van der Waals surface area contributed by atoms with Crippen molar-refractivity contribution in [2.45, 2.75) is 13.0 Å². The number of hydrogen-bond acceptors (Lipinski definition) is 6. The highest BCUT2D eigenvalue weighted by atomic mass is 35.5. The van der Waals surface area contributed by atoms with Gasteiger partial charge in [0.2, 0.25) is 5.91 Å². The van der Waals surface area contributed by atoms with Crippen LogP contribution in [0.2, 0.25) is 5.02 Å². The van der Waals surface area contributed by atoms with E-state index in [1.54, 1.807) is 7.11 Å². The van der Waals surface area contributed by atoms with Crippen LogP contribution < -0.4 is 25.3 Å². The molecule has 3 aromatic carbocycles. The van der Waals surface area contributed by atoms with Crippen molar-refractivity contribution >= 4 is 17.5 Å². The minimum atomic E-state index is -0.000999. The third-order valence-electron chi connectivity index (χ3n) is 6.93. The van der Waals surface area contributed by atoms with E-state index in [0.29, 0.717) is 31.3 Å². The number of amides is 1. The number of nitrogens with zero attached hydrogens (tertiary/aromatic N) is 1. The summed E-state index contributed by atoms with van der Waals surface area (Å²) in [7, 11) is 1.68. The van der Waals surface area contributed by atoms with Gasteiger partial charge in [0.1, 0.15) is 19.0 Å². The number of rotatable bonds is 8. The number of fused-ring (bicyclic) bond motifs is 1. The number of methoxy groups -OCH3 is 1. The van der Waals surface area contributed by atoms with Crippen molar-refractivity contribution < 1.29 is 19.0 Å². The highest BCUT2D eigenvalue weighted by molar-refractivity contribution is 6.36. The summed E-state index contributed by atoms with van der Waals surface area (Å²) in [5, 5.41) is 3.57. The molecule has 37 heavy (non-hydrogen) atoms. The van der Waals surface area contributed by atoms with Crippen LogP contribution in [0.25, 0.3) is 22.3 Å². The highest BCUT2D eigenvalue weighted by Gasteiger charge is 2.28. The summed E-state index contributed by atoms with van der Waals surface area (Å²) in [6.07, 6.45) is 0.846. The molecule has 3 aromatic rings. The van der Waals surface area contributed by atoms with E-state index in [4.69, 9.17) is 31.5 Å². The monoisotopic (exact) mass is 521 g/mol. The van der Waals surface area contributed by atoms with Gasteiger partial charge in [-0.2, -0.15) is 0 Å². The van der Waals surface area contributed by atoms with Gasteiger partial charge in [-0.15, -0.1) is 0 Å². The molecule has 194 valence electrons. The summed E-state index contributed by atoms with van der Waals surface area (Å²) in [5.74, 6) is 2.37. The summed E-state index contributed by atoms with van der Waals surface area (Å²) in [6, 6.07) is 18.1. The van der Waals surface area contributed by atoms with E-state index in [2.05, 4.69) is 22.3 Å². The van der Waals surface area contributed by atoms with Crippen LogP contribution in [0.3, 0.4) is 0 Å². The van der Waals surface area contributed by atoms with Gasteiger partial charge in [-0.3, -0.25) is 9.69 Å². The summed E-state index contributed by atoms with van der Waals surface area (Å²) in [5.41, 5.74) is 10.4. The van der Waals surface area contributed by atoms with Crippen molar-refractivity contribution in [1.82, 2.24) is 10.2 Å². The Kier molecular flexibility index (Phi) is 7.84. The van der Waals surface area contributed by atoms with Crippen molar-refractivity contribution in [2.24, 2.45) is 11.7 Å². The van der Waals surface area contributed by atoms with Crippen molar-refractivity contribution in [2.75, 3.05) is 46.5 Å². The number of nitrogens with one attached hydrogen (secondary N) is 1. The molecule has 1 unspecified atom stereocenters. The molecule has 0 aromatic heterocycles. The van der Waals surface area contributed by atoms with Crippen molar-refractivity contribution in [3.8, 4) is 39.5 Å². The zero-order valence-corrected chi connectivity index (χ0v) is 21.7. The quantitative estimate of drug-likeness (QED) is 0.458. The van der Waals surface area contributed by atoms with Gasteiger partial charge < -0.3 is 25.3 Å². The number of nitrogens with two attached hydrogens (primary N) is 1. The van der Waals surface area contributed by atoms with Crippen LogP contribution in [-0.2, 0) is 11.3 Å². The molecule has 1 saturated heterocycles. The van der Waals surface area contributed by atoms with E-state index in [1.807, 2.05) is 42.5 Å². The summed E-state index contributed by atoms with van der Waals surface area (Å²) in [6.45, 7) is 4.38. The number of benzene rings is 3. The number of ether oxygens (including phenoxy) is 3. The van der Waals surface area contributed by atoms with E-state index in [-0.39, 0.29) is 11.8 Å². The lowest BCUT2D eigenvalue weighted by molar-refractivity contribution is -0.124. The van der Waals surface area contributed by atoms with Gasteiger partial charge in [-0.05, 0) is 42.3 Å². The Labute approximate surface area is 222 Å². The number of hydrogen-bond donors (Lipinski definition) is 2. The van der Waals surface area contributed by atoms with Gasteiger partial charge in [-0.25, -0.2) is 0 Å². The van der Waals surface area contributed by atoms with Gasteiger partial charge in [0.05, 0.1) is 18.1 Å². The molecule has 8 heteroatoms. The van der Waals surface area contributed by atoms with Crippen LogP contribution in [0.5, 0.6) is 17.2 Å². The number of carbonyl (C=O) groups excluding carboxylic acids is 1. The largest absolute Gasteiger partial charge is 0.496 e. The summed E-state index contributed by atoms with van der Waals surface area (Å²) >= 11 is 6.95. The van der Waals surface area contributed by atoms with E-state index in [9.17, 15) is 4.79 Å². The van der Waals surface area contributed by atoms with Gasteiger partial charge in [0.25, 0.3) is 0 Å². The number of likely N-dealkylation sites (tertiary alicyclic amines) is 1. The maximum atomic E-state index is 12.3. The van der Waals surface area contributed by atoms with Crippen molar-refractivity contribution in [3.05, 3.63) is 65.2 Å². The Morgan fingerprint density at radius 3 is 2.57 bits per heavy atom. The first kappa shape index (κ1) is 25.4. The van der Waals surface area contributed by atoms with Crippen molar-refractivity contribution in [1.29, 1.82) is 0 Å². The lowest BCUT2D eigenvalue weighted by Gasteiger charge is -2.20. The summed E-state index contributed by atoms with van der Waals surface area (Å²) < 4.78 is 17.2. The Morgan fingerprint density at radius 1 is 1.08 bits per heavy atom. The van der Waals surface area contributed by atoms with E-state index >= 15 is 0 Å². The molecule has 0 radical (unpaired) electrons. The average molecular weight is 522 g/mol. The predicted octanol–water partition coefficient (Wildman–Crippen LogP) is 4.35. The first-order valence-electron chi connectivity index (χ1n) is 12.6. The third-order valence-corrected chi connectivity index (χ3v) is 7.34. The molecule has 5 rings (SSSR count). The Bertz CT molecular complexity index is 1280. The smallest absolute Gasteiger partial charge is 0.224 e. The molecule has 2 aliphatic rings. The lowest BCUT2D eigenvalue weighted by Crippen LogP contribution is -2.35. The standard InChI is InChI=1S/C29H32ClN3O4/c1-35-26-15-19(5-6-21(26)17-33-12-9-22(18-33)29(34)32-11-10-31)23-3-2-4-24(28(23)30)20-7-8-25-27(16-20)37-14-13-36-25/h2-8,15-16,22H,9-14,17-18,31H2,1H3,(H,32,34). The van der Waals surface area contributed by atoms with Crippen LogP contribution in [0.4, 0.5) is 0 Å². The second kappa shape index (κ2) is 11.4. The maximum absolute atomic E-state index is 12.3. The third kappa shape index (κ3) is 5.54. The molecular weight excluding hydrogens is 490 g/mol. The van der Waals surface area contributed by atoms with Gasteiger partial charge in [0, 0.05) is 42.9 Å². The van der Waals surface area contributed by atoms with Crippen LogP contribution in [0, 0.1) is 5.92 Å². The summed E-state index contributed by atoms with van der Waals surface area (Å²) in [4.78, 5) is 14.6. The zero-order chi connectivity index (χ0) is 25.8. The first-order chi connectivity index (χ1) is 18.1. The molecule has 7 nitrogen and oxygen atoms in total. The molecule has 3 N–H and O–H groups in total. The Morgan fingerprint density at radius 2 is 1.81 bits per heavy atom.